The zero-order valence-corrected chi connectivity index (χ0v) is 12.5. The molecule has 1 radical (unpaired) electrons. The van der Waals surface area contributed by atoms with Crippen LogP contribution in [-0.2, 0) is 26.2 Å². The summed E-state index contributed by atoms with van der Waals surface area (Å²) in [5.74, 6) is 1.37. The average Bonchev–Trinajstić information content (AvgIpc) is 2.58. The standard InChI is InChI=1S/C11H11O.2ClH.Zr/c1-8-6-9(2)10(7-8)11-4-3-5-12-11;;;/h3-5,7-8H,1-2H3;2*1H;/q-1;;;+3/p-2. The Morgan fingerprint density at radius 3 is 2.40 bits per heavy atom. The topological polar surface area (TPSA) is 13.1 Å². The minimum atomic E-state index is 0. The van der Waals surface area contributed by atoms with E-state index < -0.39 is 0 Å². The summed E-state index contributed by atoms with van der Waals surface area (Å²) in [5.41, 5.74) is 2.38. The van der Waals surface area contributed by atoms with E-state index in [4.69, 9.17) is 4.42 Å². The molecule has 1 unspecified atom stereocenters. The smallest absolute Gasteiger partial charge is 1.00 e. The number of hydrogen-bond acceptors (Lipinski definition) is 1. The second-order valence-electron chi connectivity index (χ2n) is 3.12. The molecule has 1 atom stereocenters. The van der Waals surface area contributed by atoms with Gasteiger partial charge in [0, 0.05) is 0 Å². The molecule has 0 saturated carbocycles. The summed E-state index contributed by atoms with van der Waals surface area (Å²) < 4.78 is 5.31. The molecule has 79 valence electrons. The Morgan fingerprint density at radius 1 is 1.33 bits per heavy atom. The zero-order chi connectivity index (χ0) is 8.55. The van der Waals surface area contributed by atoms with Crippen molar-refractivity contribution in [3.63, 3.8) is 0 Å². The van der Waals surface area contributed by atoms with Gasteiger partial charge in [-0.15, -0.1) is 5.57 Å². The number of halogens is 2. The average molecular weight is 321 g/mol. The molecule has 0 aliphatic heterocycles. The van der Waals surface area contributed by atoms with E-state index in [1.54, 1.807) is 6.26 Å². The van der Waals surface area contributed by atoms with E-state index in [-0.39, 0.29) is 51.0 Å². The van der Waals surface area contributed by atoms with Crippen LogP contribution in [0.1, 0.15) is 19.6 Å². The first kappa shape index (κ1) is 17.6. The van der Waals surface area contributed by atoms with Gasteiger partial charge < -0.3 is 29.2 Å². The van der Waals surface area contributed by atoms with Crippen molar-refractivity contribution in [1.82, 2.24) is 0 Å². The first-order chi connectivity index (χ1) is 5.77. The largest absolute Gasteiger partial charge is 3.00 e. The van der Waals surface area contributed by atoms with Crippen LogP contribution in [0.5, 0.6) is 0 Å². The molecular formula is C11H11Cl2OZr. The van der Waals surface area contributed by atoms with Gasteiger partial charge in [0.05, 0.1) is 12.0 Å². The second-order valence-corrected chi connectivity index (χ2v) is 3.12. The Kier molecular flexibility index (Phi) is 8.79. The summed E-state index contributed by atoms with van der Waals surface area (Å²) in [6, 6.07) is 3.89. The molecule has 1 aromatic heterocycles. The molecule has 1 heterocycles. The van der Waals surface area contributed by atoms with E-state index in [0.29, 0.717) is 5.92 Å². The van der Waals surface area contributed by atoms with Gasteiger partial charge in [0.1, 0.15) is 0 Å². The third kappa shape index (κ3) is 3.94. The molecular weight excluding hydrogens is 310 g/mol. The van der Waals surface area contributed by atoms with Gasteiger partial charge >= 0.3 is 26.2 Å². The molecule has 0 fully saturated rings. The third-order valence-corrected chi connectivity index (χ3v) is 2.05. The molecule has 4 heteroatoms. The van der Waals surface area contributed by atoms with Crippen molar-refractivity contribution >= 4 is 5.57 Å². The summed E-state index contributed by atoms with van der Waals surface area (Å²) in [6.07, 6.45) is 7.19. The van der Waals surface area contributed by atoms with Crippen molar-refractivity contribution in [3.8, 4) is 0 Å². The van der Waals surface area contributed by atoms with Gasteiger partial charge in [-0.3, -0.25) is 6.08 Å². The van der Waals surface area contributed by atoms with Gasteiger partial charge in [0.2, 0.25) is 0 Å². The Bertz CT molecular complexity index is 341. The van der Waals surface area contributed by atoms with Gasteiger partial charge in [0.25, 0.3) is 0 Å². The maximum atomic E-state index is 5.31. The van der Waals surface area contributed by atoms with Crippen molar-refractivity contribution in [2.45, 2.75) is 13.8 Å². The monoisotopic (exact) mass is 319 g/mol. The molecule has 1 nitrogen and oxygen atoms in total. The van der Waals surface area contributed by atoms with Crippen LogP contribution in [0.4, 0.5) is 0 Å². The summed E-state index contributed by atoms with van der Waals surface area (Å²) in [5, 5.41) is 0. The van der Waals surface area contributed by atoms with Crippen LogP contribution in [0.2, 0.25) is 0 Å². The van der Waals surface area contributed by atoms with Crippen molar-refractivity contribution in [3.05, 3.63) is 41.9 Å². The van der Waals surface area contributed by atoms with E-state index in [1.165, 1.54) is 11.1 Å². The van der Waals surface area contributed by atoms with Crippen molar-refractivity contribution in [1.29, 1.82) is 0 Å². The quantitative estimate of drug-likeness (QED) is 0.505. The SMILES string of the molecule is CC1=[C-]C(C)C=C1c1ccco1.[Cl-].[Cl-].[Zr+3]. The fourth-order valence-electron chi connectivity index (χ4n) is 1.53. The van der Waals surface area contributed by atoms with Crippen LogP contribution < -0.4 is 24.8 Å². The molecule has 1 aliphatic rings. The molecule has 0 saturated heterocycles. The van der Waals surface area contributed by atoms with E-state index in [9.17, 15) is 0 Å². The maximum absolute atomic E-state index is 5.31. The van der Waals surface area contributed by atoms with Crippen LogP contribution in [0.25, 0.3) is 5.57 Å². The Labute approximate surface area is 122 Å². The minimum Gasteiger partial charge on any atom is -1.00 e. The molecule has 0 aromatic carbocycles. The third-order valence-electron chi connectivity index (χ3n) is 2.05. The summed E-state index contributed by atoms with van der Waals surface area (Å²) >= 11 is 0. The van der Waals surface area contributed by atoms with Gasteiger partial charge in [-0.2, -0.15) is 6.08 Å². The van der Waals surface area contributed by atoms with Gasteiger partial charge in [-0.05, 0) is 12.1 Å². The predicted octanol–water partition coefficient (Wildman–Crippen LogP) is -2.93. The van der Waals surface area contributed by atoms with E-state index in [0.717, 1.165) is 5.76 Å². The van der Waals surface area contributed by atoms with Crippen LogP contribution in [-0.4, -0.2) is 0 Å². The van der Waals surface area contributed by atoms with Crippen molar-refractivity contribution in [2.75, 3.05) is 0 Å². The molecule has 15 heavy (non-hydrogen) atoms. The van der Waals surface area contributed by atoms with E-state index >= 15 is 0 Å². The summed E-state index contributed by atoms with van der Waals surface area (Å²) in [6.45, 7) is 4.19. The predicted molar refractivity (Wildman–Crippen MR) is 48.3 cm³/mol. The Balaban J connectivity index is 0. The Morgan fingerprint density at radius 2 is 2.00 bits per heavy atom. The van der Waals surface area contributed by atoms with Crippen LogP contribution in [0, 0.1) is 12.0 Å². The van der Waals surface area contributed by atoms with Crippen LogP contribution in [0.3, 0.4) is 0 Å². The first-order valence-electron chi connectivity index (χ1n) is 4.13. The van der Waals surface area contributed by atoms with E-state index in [2.05, 4.69) is 26.0 Å². The summed E-state index contributed by atoms with van der Waals surface area (Å²) in [7, 11) is 0. The van der Waals surface area contributed by atoms with Gasteiger partial charge in [0.15, 0.2) is 0 Å². The molecule has 0 N–H and O–H groups in total. The fraction of sp³-hybridized carbons (Fsp3) is 0.273. The maximum Gasteiger partial charge on any atom is 3.00 e. The molecule has 1 aromatic rings. The van der Waals surface area contributed by atoms with Crippen molar-refractivity contribution in [2.24, 2.45) is 5.92 Å². The molecule has 2 rings (SSSR count). The van der Waals surface area contributed by atoms with E-state index in [1.807, 2.05) is 12.1 Å². The second kappa shape index (κ2) is 7.49. The van der Waals surface area contributed by atoms with Crippen molar-refractivity contribution < 1.29 is 55.4 Å². The number of hydrogen-bond donors (Lipinski definition) is 0. The molecule has 0 bridgehead atoms. The normalized spacial score (nSPS) is 17.9. The van der Waals surface area contributed by atoms with Crippen LogP contribution >= 0.6 is 0 Å². The fourth-order valence-corrected chi connectivity index (χ4v) is 1.53. The molecule has 0 amide bonds. The first-order valence-corrected chi connectivity index (χ1v) is 4.13. The molecule has 0 spiro atoms. The minimum absolute atomic E-state index is 0. The number of allylic oxidation sites excluding steroid dienone is 4. The number of rotatable bonds is 1. The Hall–Kier alpha value is 0.223. The molecule has 1 aliphatic carbocycles. The van der Waals surface area contributed by atoms with Gasteiger partial charge in [-0.1, -0.05) is 19.8 Å². The summed E-state index contributed by atoms with van der Waals surface area (Å²) in [4.78, 5) is 0. The zero-order valence-electron chi connectivity index (χ0n) is 8.55. The van der Waals surface area contributed by atoms with Gasteiger partial charge in [-0.25, -0.2) is 5.57 Å². The van der Waals surface area contributed by atoms with Crippen LogP contribution in [0.15, 0.2) is 34.5 Å². The number of furan rings is 1.